The number of carboxylic acids is 2. The molecule has 0 heterocycles. The topological polar surface area (TPSA) is 141 Å². The second kappa shape index (κ2) is 15.4. The molecular weight excluding hydrogens is 219 g/mol. The molecule has 0 aromatic heterocycles. The standard InChI is InChI=1S/C4H6O4.CH2O3.Mg.Na/c5-3(6)1-2-4(7)8;2-1(3)4;;/h1-2H2,(H,5,6)(H,7,8);(H2,2,3,4);;/q;;+2;+1/p-3. The van der Waals surface area contributed by atoms with Gasteiger partial charge in [-0.15, -0.1) is 0 Å². The third-order valence-corrected chi connectivity index (χ3v) is 0.533. The Morgan fingerprint density at radius 2 is 1.07 bits per heavy atom. The van der Waals surface area contributed by atoms with E-state index in [9.17, 15) is 19.8 Å². The monoisotopic (exact) mass is 224 g/mol. The van der Waals surface area contributed by atoms with E-state index in [1.165, 1.54) is 0 Å². The summed E-state index contributed by atoms with van der Waals surface area (Å²) >= 11 is 0. The summed E-state index contributed by atoms with van der Waals surface area (Å²) in [6, 6.07) is 0. The van der Waals surface area contributed by atoms with Crippen LogP contribution in [0.3, 0.4) is 0 Å². The van der Waals surface area contributed by atoms with Crippen molar-refractivity contribution in [2.24, 2.45) is 0 Å². The predicted octanol–water partition coefficient (Wildman–Crippen LogP) is -7.22. The van der Waals surface area contributed by atoms with Gasteiger partial charge in [-0.05, 0) is 12.8 Å². The smallest absolute Gasteiger partial charge is 0.565 e. The molecule has 0 unspecified atom stereocenters. The van der Waals surface area contributed by atoms with Gasteiger partial charge in [0.25, 0.3) is 0 Å². The molecule has 0 aliphatic carbocycles. The van der Waals surface area contributed by atoms with Crippen molar-refractivity contribution >= 4 is 41.1 Å². The summed E-state index contributed by atoms with van der Waals surface area (Å²) < 4.78 is 0. The first-order valence-electron chi connectivity index (χ1n) is 2.66. The molecule has 7 nitrogen and oxygen atoms in total. The minimum Gasteiger partial charge on any atom is -0.565 e. The van der Waals surface area contributed by atoms with Gasteiger partial charge in [0.2, 0.25) is 6.16 Å². The normalized spacial score (nSPS) is 6.57. The minimum absolute atomic E-state index is 0. The van der Waals surface area contributed by atoms with Crippen molar-refractivity contribution in [2.75, 3.05) is 0 Å². The van der Waals surface area contributed by atoms with E-state index in [1.54, 1.807) is 0 Å². The Morgan fingerprint density at radius 1 is 0.929 bits per heavy atom. The average molecular weight is 224 g/mol. The van der Waals surface area contributed by atoms with E-state index in [0.29, 0.717) is 0 Å². The molecule has 9 heteroatoms. The van der Waals surface area contributed by atoms with Crippen molar-refractivity contribution < 1.29 is 64.4 Å². The SMILES string of the molecule is O=C([O-])CCC(=O)[O-].O=C([O-])O.[Mg+2].[Na+]. The quantitative estimate of drug-likeness (QED) is 0.469. The Kier molecular flexibility index (Phi) is 26.1. The molecule has 0 amide bonds. The molecule has 0 saturated heterocycles. The van der Waals surface area contributed by atoms with Gasteiger partial charge in [0.15, 0.2) is 0 Å². The van der Waals surface area contributed by atoms with Gasteiger partial charge < -0.3 is 34.8 Å². The number of carboxylic acid groups (broad SMARTS) is 4. The zero-order valence-corrected chi connectivity index (χ0v) is 10.9. The van der Waals surface area contributed by atoms with Gasteiger partial charge in [-0.2, -0.15) is 0 Å². The van der Waals surface area contributed by atoms with Crippen LogP contribution in [0.25, 0.3) is 0 Å². The third-order valence-electron chi connectivity index (χ3n) is 0.533. The van der Waals surface area contributed by atoms with Gasteiger partial charge in [-0.1, -0.05) is 0 Å². The van der Waals surface area contributed by atoms with Gasteiger partial charge in [-0.3, -0.25) is 0 Å². The largest absolute Gasteiger partial charge is 2.00 e. The molecule has 70 valence electrons. The van der Waals surface area contributed by atoms with Gasteiger partial charge in [0, 0.05) is 11.9 Å². The van der Waals surface area contributed by atoms with Crippen LogP contribution in [0.5, 0.6) is 0 Å². The van der Waals surface area contributed by atoms with Crippen molar-refractivity contribution in [3.8, 4) is 0 Å². The number of aliphatic carboxylic acids is 2. The molecular formula is C5H5MgNaO7. The maximum atomic E-state index is 9.50. The molecule has 14 heavy (non-hydrogen) atoms. The molecule has 0 aliphatic rings. The zero-order chi connectivity index (χ0) is 10.1. The first kappa shape index (κ1) is 23.6. The van der Waals surface area contributed by atoms with E-state index < -0.39 is 30.9 Å². The molecule has 0 aliphatic heterocycles. The van der Waals surface area contributed by atoms with Crippen LogP contribution in [-0.2, 0) is 9.59 Å². The first-order valence-corrected chi connectivity index (χ1v) is 2.66. The summed E-state index contributed by atoms with van der Waals surface area (Å²) in [4.78, 5) is 27.4. The Morgan fingerprint density at radius 3 is 1.14 bits per heavy atom. The molecule has 0 bridgehead atoms. The van der Waals surface area contributed by atoms with Crippen LogP contribution in [0, 0.1) is 0 Å². The fourth-order valence-corrected chi connectivity index (χ4v) is 0.204. The number of carbonyl (C=O) groups excluding carboxylic acids is 2. The van der Waals surface area contributed by atoms with Crippen LogP contribution in [0.2, 0.25) is 0 Å². The summed E-state index contributed by atoms with van der Waals surface area (Å²) in [5.41, 5.74) is 0. The van der Waals surface area contributed by atoms with Gasteiger partial charge in [0.1, 0.15) is 0 Å². The van der Waals surface area contributed by atoms with Gasteiger partial charge in [0.05, 0.1) is 0 Å². The van der Waals surface area contributed by atoms with E-state index in [2.05, 4.69) is 0 Å². The van der Waals surface area contributed by atoms with Gasteiger partial charge >= 0.3 is 52.6 Å². The maximum Gasteiger partial charge on any atom is 2.00 e. The van der Waals surface area contributed by atoms with Crippen LogP contribution in [0.4, 0.5) is 4.79 Å². The zero-order valence-electron chi connectivity index (χ0n) is 7.52. The molecule has 0 aromatic rings. The summed E-state index contributed by atoms with van der Waals surface area (Å²) in [5.74, 6) is -2.73. The Balaban J connectivity index is -0.0000000733. The van der Waals surface area contributed by atoms with Crippen molar-refractivity contribution in [1.82, 2.24) is 0 Å². The first-order chi connectivity index (χ1) is 5.36. The fraction of sp³-hybridized carbons (Fsp3) is 0.400. The average Bonchev–Trinajstić information content (AvgIpc) is 1.82. The van der Waals surface area contributed by atoms with E-state index in [0.717, 1.165) is 0 Å². The molecule has 0 aromatic carbocycles. The molecule has 0 atom stereocenters. The van der Waals surface area contributed by atoms with Crippen molar-refractivity contribution in [2.45, 2.75) is 12.8 Å². The van der Waals surface area contributed by atoms with E-state index in [4.69, 9.17) is 15.0 Å². The summed E-state index contributed by atoms with van der Waals surface area (Å²) in [7, 11) is 0. The maximum absolute atomic E-state index is 9.50. The Bertz CT molecular complexity index is 165. The van der Waals surface area contributed by atoms with Crippen LogP contribution in [0.15, 0.2) is 0 Å². The second-order valence-electron chi connectivity index (χ2n) is 1.51. The van der Waals surface area contributed by atoms with E-state index in [1.807, 2.05) is 0 Å². The Hall–Kier alpha value is -0.0238. The number of rotatable bonds is 3. The number of hydrogen-bond donors (Lipinski definition) is 1. The number of hydrogen-bond acceptors (Lipinski definition) is 6. The molecule has 0 radical (unpaired) electrons. The summed E-state index contributed by atoms with van der Waals surface area (Å²) in [6.45, 7) is 0. The molecule has 0 fully saturated rings. The number of carbonyl (C=O) groups is 3. The summed E-state index contributed by atoms with van der Waals surface area (Å²) in [6.07, 6.45) is -3.02. The third kappa shape index (κ3) is 58.3. The van der Waals surface area contributed by atoms with Crippen molar-refractivity contribution in [3.63, 3.8) is 0 Å². The Labute approximate surface area is 118 Å². The van der Waals surface area contributed by atoms with E-state index >= 15 is 0 Å². The minimum atomic E-state index is -2.08. The van der Waals surface area contributed by atoms with Crippen LogP contribution in [-0.4, -0.2) is 46.3 Å². The van der Waals surface area contributed by atoms with Crippen LogP contribution in [0.1, 0.15) is 12.8 Å². The van der Waals surface area contributed by atoms with Crippen molar-refractivity contribution in [1.29, 1.82) is 0 Å². The van der Waals surface area contributed by atoms with Crippen molar-refractivity contribution in [3.05, 3.63) is 0 Å². The van der Waals surface area contributed by atoms with Crippen LogP contribution >= 0.6 is 0 Å². The second-order valence-corrected chi connectivity index (χ2v) is 1.51. The molecule has 0 saturated carbocycles. The summed E-state index contributed by atoms with van der Waals surface area (Å²) in [5, 5.41) is 34.3. The predicted molar refractivity (Wildman–Crippen MR) is 33.0 cm³/mol. The van der Waals surface area contributed by atoms with Crippen LogP contribution < -0.4 is 44.9 Å². The fourth-order valence-electron chi connectivity index (χ4n) is 0.204. The van der Waals surface area contributed by atoms with E-state index in [-0.39, 0.29) is 52.6 Å². The molecule has 1 N–H and O–H groups in total. The molecule has 0 rings (SSSR count). The molecule has 0 spiro atoms. The van der Waals surface area contributed by atoms with Gasteiger partial charge in [-0.25, -0.2) is 0 Å².